The molecule has 27 heavy (non-hydrogen) atoms. The van der Waals surface area contributed by atoms with Crippen molar-refractivity contribution >= 4 is 16.8 Å². The highest BCUT2D eigenvalue weighted by Gasteiger charge is 2.26. The predicted octanol–water partition coefficient (Wildman–Crippen LogP) is 3.64. The number of carbonyl (C=O) groups excluding carboxylic acids is 1. The first-order valence-electron chi connectivity index (χ1n) is 9.79. The molecule has 0 bridgehead atoms. The molecule has 0 saturated carbocycles. The van der Waals surface area contributed by atoms with E-state index in [1.165, 1.54) is 16.6 Å². The summed E-state index contributed by atoms with van der Waals surface area (Å²) in [5.74, 6) is 1.21. The average molecular weight is 365 g/mol. The van der Waals surface area contributed by atoms with Crippen molar-refractivity contribution in [3.8, 4) is 0 Å². The Kier molecular flexibility index (Phi) is 5.30. The highest BCUT2D eigenvalue weighted by Crippen LogP contribution is 2.22. The monoisotopic (exact) mass is 365 g/mol. The van der Waals surface area contributed by atoms with Crippen molar-refractivity contribution in [2.24, 2.45) is 5.92 Å². The Morgan fingerprint density at radius 3 is 3.04 bits per heavy atom. The smallest absolute Gasteiger partial charge is 0.224 e. The number of nitrogens with zero attached hydrogens (tertiary/aromatic N) is 1. The van der Waals surface area contributed by atoms with Gasteiger partial charge in [-0.05, 0) is 56.5 Å². The topological polar surface area (TPSA) is 61.3 Å². The molecule has 0 spiro atoms. The van der Waals surface area contributed by atoms with Crippen LogP contribution >= 0.6 is 0 Å². The number of nitrogens with one attached hydrogen (secondary N) is 2. The van der Waals surface area contributed by atoms with E-state index in [4.69, 9.17) is 4.42 Å². The summed E-state index contributed by atoms with van der Waals surface area (Å²) in [4.78, 5) is 18.4. The number of hydrogen-bond acceptors (Lipinski definition) is 3. The molecule has 0 radical (unpaired) electrons. The number of fused-ring (bicyclic) bond motifs is 1. The van der Waals surface area contributed by atoms with E-state index < -0.39 is 0 Å². The first kappa shape index (κ1) is 17.9. The maximum atomic E-state index is 12.7. The molecule has 0 aliphatic carbocycles. The molecule has 142 valence electrons. The number of amides is 1. The number of aromatic amines is 1. The number of para-hydroxylation sites is 1. The van der Waals surface area contributed by atoms with Gasteiger partial charge in [-0.1, -0.05) is 18.2 Å². The maximum absolute atomic E-state index is 12.7. The molecule has 3 heterocycles. The number of aromatic nitrogens is 1. The quantitative estimate of drug-likeness (QED) is 0.701. The van der Waals surface area contributed by atoms with Crippen molar-refractivity contribution in [2.75, 3.05) is 19.6 Å². The molecule has 3 aromatic rings. The molecule has 1 atom stereocenters. The number of H-pyrrole nitrogens is 1. The Morgan fingerprint density at radius 1 is 1.30 bits per heavy atom. The van der Waals surface area contributed by atoms with Crippen molar-refractivity contribution in [1.82, 2.24) is 15.2 Å². The molecular formula is C22H27N3O2. The van der Waals surface area contributed by atoms with Gasteiger partial charge in [0, 0.05) is 29.7 Å². The van der Waals surface area contributed by atoms with Gasteiger partial charge in [0.25, 0.3) is 0 Å². The van der Waals surface area contributed by atoms with Gasteiger partial charge in [0.1, 0.15) is 5.76 Å². The highest BCUT2D eigenvalue weighted by atomic mass is 16.3. The molecular weight excluding hydrogens is 338 g/mol. The van der Waals surface area contributed by atoms with Crippen LogP contribution in [-0.2, 0) is 17.8 Å². The van der Waals surface area contributed by atoms with Gasteiger partial charge in [0.05, 0.1) is 18.7 Å². The van der Waals surface area contributed by atoms with Crippen molar-refractivity contribution < 1.29 is 9.21 Å². The molecule has 2 aromatic heterocycles. The zero-order chi connectivity index (χ0) is 18.6. The number of hydrogen-bond donors (Lipinski definition) is 2. The van der Waals surface area contributed by atoms with Crippen LogP contribution in [-0.4, -0.2) is 35.4 Å². The molecule has 2 N–H and O–H groups in total. The van der Waals surface area contributed by atoms with Gasteiger partial charge >= 0.3 is 0 Å². The van der Waals surface area contributed by atoms with Gasteiger partial charge in [-0.2, -0.15) is 0 Å². The second-order valence-corrected chi connectivity index (χ2v) is 7.47. The van der Waals surface area contributed by atoms with Crippen LogP contribution < -0.4 is 5.32 Å². The van der Waals surface area contributed by atoms with Gasteiger partial charge in [-0.3, -0.25) is 9.69 Å². The molecule has 1 fully saturated rings. The molecule has 5 nitrogen and oxygen atoms in total. The minimum Gasteiger partial charge on any atom is -0.468 e. The molecule has 1 saturated heterocycles. The van der Waals surface area contributed by atoms with E-state index in [1.807, 2.05) is 18.2 Å². The number of likely N-dealkylation sites (tertiary alicyclic amines) is 1. The largest absolute Gasteiger partial charge is 0.468 e. The fourth-order valence-electron chi connectivity index (χ4n) is 4.15. The molecule has 4 rings (SSSR count). The van der Waals surface area contributed by atoms with Gasteiger partial charge < -0.3 is 14.7 Å². The number of carbonyl (C=O) groups is 1. The van der Waals surface area contributed by atoms with Crippen molar-refractivity contribution in [2.45, 2.75) is 32.7 Å². The summed E-state index contributed by atoms with van der Waals surface area (Å²) in [6.07, 6.45) is 4.58. The van der Waals surface area contributed by atoms with Crippen LogP contribution in [0.1, 0.15) is 29.9 Å². The molecule has 1 aliphatic heterocycles. The van der Waals surface area contributed by atoms with Crippen LogP contribution in [0.3, 0.4) is 0 Å². The second kappa shape index (κ2) is 8.01. The van der Waals surface area contributed by atoms with E-state index in [1.54, 1.807) is 6.26 Å². The minimum absolute atomic E-state index is 0.0674. The zero-order valence-electron chi connectivity index (χ0n) is 15.8. The van der Waals surface area contributed by atoms with Crippen molar-refractivity contribution in [1.29, 1.82) is 0 Å². The molecule has 1 amide bonds. The Balaban J connectivity index is 1.30. The third-order valence-corrected chi connectivity index (χ3v) is 5.54. The van der Waals surface area contributed by atoms with Gasteiger partial charge in [-0.25, -0.2) is 0 Å². The van der Waals surface area contributed by atoms with Gasteiger partial charge in [0.15, 0.2) is 0 Å². The van der Waals surface area contributed by atoms with E-state index in [0.29, 0.717) is 6.54 Å². The van der Waals surface area contributed by atoms with Crippen molar-refractivity contribution in [3.05, 3.63) is 59.7 Å². The summed E-state index contributed by atoms with van der Waals surface area (Å²) in [6, 6.07) is 12.3. The minimum atomic E-state index is 0.0674. The average Bonchev–Trinajstić information content (AvgIpc) is 3.29. The Morgan fingerprint density at radius 2 is 2.19 bits per heavy atom. The fourth-order valence-corrected chi connectivity index (χ4v) is 4.15. The third-order valence-electron chi connectivity index (χ3n) is 5.54. The molecule has 0 unspecified atom stereocenters. The summed E-state index contributed by atoms with van der Waals surface area (Å²) in [7, 11) is 0. The van der Waals surface area contributed by atoms with E-state index in [-0.39, 0.29) is 11.8 Å². The van der Waals surface area contributed by atoms with Crippen LogP contribution in [0.5, 0.6) is 0 Å². The Hall–Kier alpha value is -2.53. The van der Waals surface area contributed by atoms with Crippen LogP contribution in [0.2, 0.25) is 0 Å². The third kappa shape index (κ3) is 4.08. The summed E-state index contributed by atoms with van der Waals surface area (Å²) >= 11 is 0. The molecule has 1 aliphatic rings. The molecule has 1 aromatic carbocycles. The lowest BCUT2D eigenvalue weighted by molar-refractivity contribution is -0.126. The summed E-state index contributed by atoms with van der Waals surface area (Å²) in [6.45, 7) is 5.39. The van der Waals surface area contributed by atoms with Crippen molar-refractivity contribution in [3.63, 3.8) is 0 Å². The standard InChI is InChI=1S/C22H27N3O2/c1-16-19(20-8-2-3-9-21(20)24-16)10-11-23-22(26)17-6-4-12-25(14-17)15-18-7-5-13-27-18/h2-3,5,7-9,13,17,24H,4,6,10-12,14-15H2,1H3,(H,23,26)/t17-/m0/s1. The number of aryl methyl sites for hydroxylation is 1. The van der Waals surface area contributed by atoms with Gasteiger partial charge in [-0.15, -0.1) is 0 Å². The van der Waals surface area contributed by atoms with Crippen LogP contribution in [0.25, 0.3) is 10.9 Å². The normalized spacial score (nSPS) is 18.0. The van der Waals surface area contributed by atoms with Crippen LogP contribution in [0, 0.1) is 12.8 Å². The number of piperidine rings is 1. The zero-order valence-corrected chi connectivity index (χ0v) is 15.8. The fraction of sp³-hybridized carbons (Fsp3) is 0.409. The highest BCUT2D eigenvalue weighted by molar-refractivity contribution is 5.84. The van der Waals surface area contributed by atoms with E-state index in [9.17, 15) is 4.79 Å². The van der Waals surface area contributed by atoms with E-state index in [0.717, 1.165) is 50.2 Å². The number of furan rings is 1. The first-order chi connectivity index (χ1) is 13.2. The SMILES string of the molecule is Cc1[nH]c2ccccc2c1CCNC(=O)[C@H]1CCCN(Cc2ccco2)C1. The van der Waals surface area contributed by atoms with Crippen LogP contribution in [0.15, 0.2) is 47.1 Å². The summed E-state index contributed by atoms with van der Waals surface area (Å²) in [5, 5.41) is 4.42. The second-order valence-electron chi connectivity index (χ2n) is 7.47. The lowest BCUT2D eigenvalue weighted by atomic mass is 9.97. The summed E-state index contributed by atoms with van der Waals surface area (Å²) < 4.78 is 5.44. The Labute approximate surface area is 159 Å². The van der Waals surface area contributed by atoms with Crippen LogP contribution in [0.4, 0.5) is 0 Å². The maximum Gasteiger partial charge on any atom is 0.224 e. The first-order valence-corrected chi connectivity index (χ1v) is 9.79. The predicted molar refractivity (Wildman–Crippen MR) is 106 cm³/mol. The number of benzene rings is 1. The number of rotatable bonds is 6. The lowest BCUT2D eigenvalue weighted by Crippen LogP contribution is -2.43. The Bertz CT molecular complexity index is 898. The van der Waals surface area contributed by atoms with E-state index >= 15 is 0 Å². The van der Waals surface area contributed by atoms with E-state index in [2.05, 4.69) is 40.3 Å². The van der Waals surface area contributed by atoms with Gasteiger partial charge in [0.2, 0.25) is 5.91 Å². The lowest BCUT2D eigenvalue weighted by Gasteiger charge is -2.31. The summed E-state index contributed by atoms with van der Waals surface area (Å²) in [5.41, 5.74) is 3.65. The molecule has 5 heteroatoms.